The van der Waals surface area contributed by atoms with Crippen molar-refractivity contribution >= 4 is 22.3 Å². The summed E-state index contributed by atoms with van der Waals surface area (Å²) in [6, 6.07) is 5.50. The van der Waals surface area contributed by atoms with Crippen molar-refractivity contribution in [1.82, 2.24) is 19.6 Å². The minimum absolute atomic E-state index is 0.100. The highest BCUT2D eigenvalue weighted by molar-refractivity contribution is 7.19. The molecule has 0 amide bonds. The first-order valence-electron chi connectivity index (χ1n) is 5.17. The molecule has 0 aliphatic heterocycles. The Bertz CT molecular complexity index is 732. The van der Waals surface area contributed by atoms with Crippen LogP contribution in [0.2, 0.25) is 0 Å². The highest BCUT2D eigenvalue weighted by atomic mass is 32.1. The molecule has 7 heteroatoms. The quantitative estimate of drug-likeness (QED) is 0.760. The van der Waals surface area contributed by atoms with Crippen molar-refractivity contribution < 1.29 is 9.90 Å². The number of aryl methyl sites for hydroxylation is 1. The average molecular weight is 260 g/mol. The standard InChI is InChI=1S/C11H8N4O2S/c1-6-8(10(16)17)15-11(13-6)18-9(14-15)7-4-2-3-5-12-7/h2-5H,1H3,(H,16,17). The van der Waals surface area contributed by atoms with Gasteiger partial charge in [-0.15, -0.1) is 0 Å². The number of imidazole rings is 1. The molecule has 0 unspecified atom stereocenters. The van der Waals surface area contributed by atoms with Crippen molar-refractivity contribution in [2.24, 2.45) is 0 Å². The molecule has 0 aromatic carbocycles. The molecular formula is C11H8N4O2S. The number of pyridine rings is 1. The summed E-state index contributed by atoms with van der Waals surface area (Å²) in [4.78, 5) is 20.1. The number of aromatic carboxylic acids is 1. The summed E-state index contributed by atoms with van der Waals surface area (Å²) in [5.41, 5.74) is 1.28. The van der Waals surface area contributed by atoms with Crippen molar-refractivity contribution in [3.8, 4) is 10.7 Å². The van der Waals surface area contributed by atoms with E-state index < -0.39 is 5.97 Å². The summed E-state index contributed by atoms with van der Waals surface area (Å²) in [7, 11) is 0. The van der Waals surface area contributed by atoms with Crippen LogP contribution < -0.4 is 0 Å². The van der Waals surface area contributed by atoms with Gasteiger partial charge in [-0.25, -0.2) is 9.78 Å². The van der Waals surface area contributed by atoms with Crippen LogP contribution in [0, 0.1) is 6.92 Å². The molecule has 0 bridgehead atoms. The Balaban J connectivity index is 2.21. The first-order valence-corrected chi connectivity index (χ1v) is 5.99. The van der Waals surface area contributed by atoms with Crippen LogP contribution in [-0.2, 0) is 0 Å². The zero-order chi connectivity index (χ0) is 12.7. The SMILES string of the molecule is Cc1nc2sc(-c3ccccn3)nn2c1C(=O)O. The van der Waals surface area contributed by atoms with Crippen LogP contribution >= 0.6 is 11.3 Å². The number of aromatic nitrogens is 4. The molecule has 3 rings (SSSR count). The maximum absolute atomic E-state index is 11.1. The molecule has 0 fully saturated rings. The predicted octanol–water partition coefficient (Wildman–Crippen LogP) is 1.86. The number of carboxylic acids is 1. The summed E-state index contributed by atoms with van der Waals surface area (Å²) < 4.78 is 1.35. The normalized spacial score (nSPS) is 10.9. The number of carbonyl (C=O) groups is 1. The molecule has 0 spiro atoms. The van der Waals surface area contributed by atoms with Crippen LogP contribution in [0.5, 0.6) is 0 Å². The summed E-state index contributed by atoms with van der Waals surface area (Å²) >= 11 is 1.32. The largest absolute Gasteiger partial charge is 0.476 e. The van der Waals surface area contributed by atoms with Crippen molar-refractivity contribution in [3.05, 3.63) is 35.8 Å². The lowest BCUT2D eigenvalue weighted by atomic mass is 10.3. The predicted molar refractivity (Wildman–Crippen MR) is 65.8 cm³/mol. The maximum Gasteiger partial charge on any atom is 0.356 e. The summed E-state index contributed by atoms with van der Waals surface area (Å²) in [5, 5.41) is 14.0. The highest BCUT2D eigenvalue weighted by Crippen LogP contribution is 2.25. The van der Waals surface area contributed by atoms with E-state index in [9.17, 15) is 4.79 Å². The second kappa shape index (κ2) is 3.88. The van der Waals surface area contributed by atoms with Crippen LogP contribution in [0.4, 0.5) is 0 Å². The first kappa shape index (κ1) is 10.8. The molecule has 0 saturated heterocycles. The monoisotopic (exact) mass is 260 g/mol. The number of carboxylic acid groups (broad SMARTS) is 1. The fourth-order valence-electron chi connectivity index (χ4n) is 1.69. The van der Waals surface area contributed by atoms with E-state index in [2.05, 4.69) is 15.1 Å². The summed E-state index contributed by atoms with van der Waals surface area (Å²) in [6.07, 6.45) is 1.67. The van der Waals surface area contributed by atoms with Crippen LogP contribution in [0.1, 0.15) is 16.2 Å². The fraction of sp³-hybridized carbons (Fsp3) is 0.0909. The Morgan fingerprint density at radius 1 is 1.44 bits per heavy atom. The molecule has 3 heterocycles. The second-order valence-corrected chi connectivity index (χ2v) is 4.62. The molecule has 6 nitrogen and oxygen atoms in total. The molecule has 1 N–H and O–H groups in total. The lowest BCUT2D eigenvalue weighted by Crippen LogP contribution is -2.04. The minimum Gasteiger partial charge on any atom is -0.476 e. The Hall–Kier alpha value is -2.28. The van der Waals surface area contributed by atoms with Gasteiger partial charge in [0.05, 0.1) is 5.69 Å². The highest BCUT2D eigenvalue weighted by Gasteiger charge is 2.19. The van der Waals surface area contributed by atoms with Crippen molar-refractivity contribution in [1.29, 1.82) is 0 Å². The van der Waals surface area contributed by atoms with Gasteiger partial charge in [-0.05, 0) is 19.1 Å². The van der Waals surface area contributed by atoms with Gasteiger partial charge in [0.2, 0.25) is 4.96 Å². The van der Waals surface area contributed by atoms with E-state index in [0.717, 1.165) is 0 Å². The molecule has 0 radical (unpaired) electrons. The van der Waals surface area contributed by atoms with Crippen molar-refractivity contribution in [2.45, 2.75) is 6.92 Å². The van der Waals surface area contributed by atoms with Crippen LogP contribution in [0.15, 0.2) is 24.4 Å². The summed E-state index contributed by atoms with van der Waals surface area (Å²) in [6.45, 7) is 1.66. The molecule has 90 valence electrons. The topological polar surface area (TPSA) is 80.4 Å². The average Bonchev–Trinajstić information content (AvgIpc) is 2.85. The smallest absolute Gasteiger partial charge is 0.356 e. The van der Waals surface area contributed by atoms with Gasteiger partial charge in [0.25, 0.3) is 0 Å². The van der Waals surface area contributed by atoms with E-state index >= 15 is 0 Å². The third kappa shape index (κ3) is 1.56. The van der Waals surface area contributed by atoms with Gasteiger partial charge < -0.3 is 5.11 Å². The van der Waals surface area contributed by atoms with Gasteiger partial charge in [-0.2, -0.15) is 9.61 Å². The Labute approximate surface area is 106 Å². The molecule has 0 aliphatic rings. The molecular weight excluding hydrogens is 252 g/mol. The Morgan fingerprint density at radius 3 is 2.94 bits per heavy atom. The number of hydrogen-bond acceptors (Lipinski definition) is 5. The van der Waals surface area contributed by atoms with Gasteiger partial charge in [0.15, 0.2) is 10.7 Å². The number of hydrogen-bond donors (Lipinski definition) is 1. The van der Waals surface area contributed by atoms with E-state index in [1.54, 1.807) is 13.1 Å². The Morgan fingerprint density at radius 2 is 2.28 bits per heavy atom. The molecule has 18 heavy (non-hydrogen) atoms. The zero-order valence-corrected chi connectivity index (χ0v) is 10.2. The van der Waals surface area contributed by atoms with E-state index in [0.29, 0.717) is 21.4 Å². The first-order chi connectivity index (χ1) is 8.66. The van der Waals surface area contributed by atoms with E-state index in [1.807, 2.05) is 18.2 Å². The Kier molecular flexibility index (Phi) is 2.34. The third-order valence-electron chi connectivity index (χ3n) is 2.46. The van der Waals surface area contributed by atoms with E-state index in [1.165, 1.54) is 15.9 Å². The van der Waals surface area contributed by atoms with Gasteiger partial charge in [0, 0.05) is 6.20 Å². The van der Waals surface area contributed by atoms with Gasteiger partial charge in [0.1, 0.15) is 5.69 Å². The lowest BCUT2D eigenvalue weighted by molar-refractivity contribution is 0.0687. The summed E-state index contributed by atoms with van der Waals surface area (Å²) in [5.74, 6) is -1.03. The molecule has 3 aromatic heterocycles. The van der Waals surface area contributed by atoms with Crippen molar-refractivity contribution in [2.75, 3.05) is 0 Å². The molecule has 0 atom stereocenters. The van der Waals surface area contributed by atoms with Crippen LogP contribution in [0.25, 0.3) is 15.7 Å². The molecule has 0 aliphatic carbocycles. The van der Waals surface area contributed by atoms with Gasteiger partial charge in [-0.3, -0.25) is 4.98 Å². The zero-order valence-electron chi connectivity index (χ0n) is 9.36. The minimum atomic E-state index is -1.03. The number of fused-ring (bicyclic) bond motifs is 1. The maximum atomic E-state index is 11.1. The lowest BCUT2D eigenvalue weighted by Gasteiger charge is -1.93. The second-order valence-electron chi connectivity index (χ2n) is 3.67. The van der Waals surface area contributed by atoms with E-state index in [-0.39, 0.29) is 5.69 Å². The number of nitrogens with zero attached hydrogens (tertiary/aromatic N) is 4. The van der Waals surface area contributed by atoms with Crippen LogP contribution in [-0.4, -0.2) is 30.7 Å². The van der Waals surface area contributed by atoms with Gasteiger partial charge >= 0.3 is 5.97 Å². The molecule has 3 aromatic rings. The fourth-order valence-corrected chi connectivity index (χ4v) is 2.61. The van der Waals surface area contributed by atoms with Gasteiger partial charge in [-0.1, -0.05) is 17.4 Å². The third-order valence-corrected chi connectivity index (χ3v) is 3.40. The van der Waals surface area contributed by atoms with E-state index in [4.69, 9.17) is 5.11 Å². The van der Waals surface area contributed by atoms with Crippen molar-refractivity contribution in [3.63, 3.8) is 0 Å². The van der Waals surface area contributed by atoms with Crippen LogP contribution in [0.3, 0.4) is 0 Å². The molecule has 0 saturated carbocycles. The number of rotatable bonds is 2.